The standard InChI is InChI=1S/C22H28N2O6S/c1-4-28-16-7-9-17(10-8-16)29-12-11-23-19(25)14-30-22(27)20(15(2)3)24-21(26)18-6-5-13-31-18/h5-10,13,15,20H,4,11-12,14H2,1-3H3,(H,23,25)(H,24,26). The summed E-state index contributed by atoms with van der Waals surface area (Å²) in [7, 11) is 0. The molecule has 0 aliphatic rings. The minimum Gasteiger partial charge on any atom is -0.494 e. The maximum atomic E-state index is 12.3. The lowest BCUT2D eigenvalue weighted by molar-refractivity contribution is -0.151. The molecular formula is C22H28N2O6S. The number of thiophene rings is 1. The molecule has 0 saturated heterocycles. The maximum absolute atomic E-state index is 12.3. The molecule has 2 amide bonds. The Morgan fingerprint density at radius 2 is 1.71 bits per heavy atom. The van der Waals surface area contributed by atoms with Crippen molar-refractivity contribution in [2.24, 2.45) is 5.92 Å². The van der Waals surface area contributed by atoms with Crippen LogP contribution < -0.4 is 20.1 Å². The van der Waals surface area contributed by atoms with Crippen LogP contribution >= 0.6 is 11.3 Å². The smallest absolute Gasteiger partial charge is 0.329 e. The van der Waals surface area contributed by atoms with Gasteiger partial charge in [-0.25, -0.2) is 4.79 Å². The van der Waals surface area contributed by atoms with Gasteiger partial charge in [0.25, 0.3) is 11.8 Å². The van der Waals surface area contributed by atoms with E-state index in [1.165, 1.54) is 11.3 Å². The fourth-order valence-corrected chi connectivity index (χ4v) is 3.18. The van der Waals surface area contributed by atoms with Crippen LogP contribution in [0.4, 0.5) is 0 Å². The second kappa shape index (κ2) is 12.6. The predicted octanol–water partition coefficient (Wildman–Crippen LogP) is 2.64. The molecule has 0 fully saturated rings. The number of benzene rings is 1. The number of hydrogen-bond acceptors (Lipinski definition) is 7. The molecule has 168 valence electrons. The zero-order valence-electron chi connectivity index (χ0n) is 17.9. The number of carbonyl (C=O) groups excluding carboxylic acids is 3. The Balaban J connectivity index is 1.68. The van der Waals surface area contributed by atoms with Crippen LogP contribution in [0.5, 0.6) is 11.5 Å². The number of nitrogens with one attached hydrogen (secondary N) is 2. The van der Waals surface area contributed by atoms with Crippen LogP contribution in [0.25, 0.3) is 0 Å². The predicted molar refractivity (Wildman–Crippen MR) is 117 cm³/mol. The summed E-state index contributed by atoms with van der Waals surface area (Å²) in [5, 5.41) is 7.06. The topological polar surface area (TPSA) is 103 Å². The molecule has 2 rings (SSSR count). The summed E-state index contributed by atoms with van der Waals surface area (Å²) in [6.07, 6.45) is 0. The monoisotopic (exact) mass is 448 g/mol. The van der Waals surface area contributed by atoms with Crippen molar-refractivity contribution in [2.45, 2.75) is 26.8 Å². The first-order valence-electron chi connectivity index (χ1n) is 10.0. The number of esters is 1. The normalized spacial score (nSPS) is 11.5. The van der Waals surface area contributed by atoms with E-state index in [2.05, 4.69) is 10.6 Å². The van der Waals surface area contributed by atoms with E-state index >= 15 is 0 Å². The fraction of sp³-hybridized carbons (Fsp3) is 0.409. The highest BCUT2D eigenvalue weighted by atomic mass is 32.1. The molecule has 1 unspecified atom stereocenters. The Labute approximate surface area is 185 Å². The molecule has 2 aromatic rings. The van der Waals surface area contributed by atoms with Crippen molar-refractivity contribution in [2.75, 3.05) is 26.4 Å². The van der Waals surface area contributed by atoms with Crippen molar-refractivity contribution in [3.8, 4) is 11.5 Å². The minimum atomic E-state index is -0.842. The number of carbonyl (C=O) groups is 3. The van der Waals surface area contributed by atoms with E-state index < -0.39 is 24.5 Å². The molecular weight excluding hydrogens is 420 g/mol. The molecule has 0 radical (unpaired) electrons. The highest BCUT2D eigenvalue weighted by molar-refractivity contribution is 7.12. The summed E-state index contributed by atoms with van der Waals surface area (Å²) in [6.45, 7) is 6.17. The summed E-state index contributed by atoms with van der Waals surface area (Å²) < 4.78 is 16.0. The Kier molecular flexibility index (Phi) is 9.83. The van der Waals surface area contributed by atoms with E-state index in [0.29, 0.717) is 17.2 Å². The van der Waals surface area contributed by atoms with Gasteiger partial charge in [-0.3, -0.25) is 9.59 Å². The number of amides is 2. The third-order valence-electron chi connectivity index (χ3n) is 4.13. The highest BCUT2D eigenvalue weighted by Crippen LogP contribution is 2.17. The van der Waals surface area contributed by atoms with Gasteiger partial charge < -0.3 is 24.8 Å². The molecule has 1 heterocycles. The molecule has 1 atom stereocenters. The third kappa shape index (κ3) is 8.29. The second-order valence-corrected chi connectivity index (χ2v) is 7.83. The zero-order valence-corrected chi connectivity index (χ0v) is 18.7. The molecule has 0 aliphatic heterocycles. The third-order valence-corrected chi connectivity index (χ3v) is 4.99. The van der Waals surface area contributed by atoms with Crippen molar-refractivity contribution in [3.05, 3.63) is 46.7 Å². The maximum Gasteiger partial charge on any atom is 0.329 e. The molecule has 9 heteroatoms. The van der Waals surface area contributed by atoms with E-state index in [-0.39, 0.29) is 25.0 Å². The fourth-order valence-electron chi connectivity index (χ4n) is 2.55. The van der Waals surface area contributed by atoms with E-state index in [0.717, 1.165) is 5.75 Å². The molecule has 8 nitrogen and oxygen atoms in total. The lowest BCUT2D eigenvalue weighted by atomic mass is 10.0. The van der Waals surface area contributed by atoms with Gasteiger partial charge in [0.15, 0.2) is 6.61 Å². The average Bonchev–Trinajstić information content (AvgIpc) is 3.29. The van der Waals surface area contributed by atoms with Gasteiger partial charge in [-0.15, -0.1) is 11.3 Å². The first-order chi connectivity index (χ1) is 14.9. The number of ether oxygens (including phenoxy) is 3. The molecule has 0 bridgehead atoms. The average molecular weight is 449 g/mol. The minimum absolute atomic E-state index is 0.193. The quantitative estimate of drug-likeness (QED) is 0.382. The number of rotatable bonds is 12. The van der Waals surface area contributed by atoms with E-state index in [4.69, 9.17) is 14.2 Å². The van der Waals surface area contributed by atoms with Gasteiger partial charge in [-0.05, 0) is 48.6 Å². The van der Waals surface area contributed by atoms with E-state index in [9.17, 15) is 14.4 Å². The summed E-state index contributed by atoms with van der Waals surface area (Å²) in [5.74, 6) is -0.221. The first kappa shape index (κ1) is 24.2. The Morgan fingerprint density at radius 3 is 2.29 bits per heavy atom. The molecule has 0 saturated carbocycles. The lowest BCUT2D eigenvalue weighted by Gasteiger charge is -2.20. The SMILES string of the molecule is CCOc1ccc(OCCNC(=O)COC(=O)C(NC(=O)c2cccs2)C(C)C)cc1. The van der Waals surface area contributed by atoms with Crippen LogP contribution in [-0.4, -0.2) is 50.2 Å². The van der Waals surface area contributed by atoms with Crippen molar-refractivity contribution < 1.29 is 28.6 Å². The van der Waals surface area contributed by atoms with Crippen molar-refractivity contribution in [1.29, 1.82) is 0 Å². The van der Waals surface area contributed by atoms with Crippen LogP contribution in [0, 0.1) is 5.92 Å². The summed E-state index contributed by atoms with van der Waals surface area (Å²) in [6, 6.07) is 9.76. The zero-order chi connectivity index (χ0) is 22.6. The summed E-state index contributed by atoms with van der Waals surface area (Å²) in [5.41, 5.74) is 0. The molecule has 1 aromatic carbocycles. The van der Waals surface area contributed by atoms with Gasteiger partial charge >= 0.3 is 5.97 Å². The molecule has 0 spiro atoms. The number of hydrogen-bond donors (Lipinski definition) is 2. The molecule has 0 aliphatic carbocycles. The van der Waals surface area contributed by atoms with Gasteiger partial charge in [0.05, 0.1) is 18.0 Å². The van der Waals surface area contributed by atoms with E-state index in [1.807, 2.05) is 6.92 Å². The van der Waals surface area contributed by atoms with Crippen LogP contribution in [-0.2, 0) is 14.3 Å². The van der Waals surface area contributed by atoms with Crippen molar-refractivity contribution in [3.63, 3.8) is 0 Å². The Bertz CT molecular complexity index is 836. The summed E-state index contributed by atoms with van der Waals surface area (Å²) in [4.78, 5) is 37.0. The van der Waals surface area contributed by atoms with Crippen LogP contribution in [0.3, 0.4) is 0 Å². The highest BCUT2D eigenvalue weighted by Gasteiger charge is 2.27. The largest absolute Gasteiger partial charge is 0.494 e. The lowest BCUT2D eigenvalue weighted by Crippen LogP contribution is -2.46. The first-order valence-corrected chi connectivity index (χ1v) is 10.9. The van der Waals surface area contributed by atoms with Gasteiger partial charge in [0.1, 0.15) is 24.1 Å². The van der Waals surface area contributed by atoms with E-state index in [1.54, 1.807) is 55.6 Å². The van der Waals surface area contributed by atoms with Gasteiger partial charge in [-0.1, -0.05) is 19.9 Å². The van der Waals surface area contributed by atoms with Crippen LogP contribution in [0.2, 0.25) is 0 Å². The van der Waals surface area contributed by atoms with Crippen LogP contribution in [0.1, 0.15) is 30.4 Å². The molecule has 1 aromatic heterocycles. The van der Waals surface area contributed by atoms with Gasteiger partial charge in [0.2, 0.25) is 0 Å². The van der Waals surface area contributed by atoms with Crippen molar-refractivity contribution >= 4 is 29.1 Å². The second-order valence-electron chi connectivity index (χ2n) is 6.88. The van der Waals surface area contributed by atoms with Crippen LogP contribution in [0.15, 0.2) is 41.8 Å². The molecule has 2 N–H and O–H groups in total. The van der Waals surface area contributed by atoms with Gasteiger partial charge in [0, 0.05) is 0 Å². The molecule has 31 heavy (non-hydrogen) atoms. The Morgan fingerprint density at radius 1 is 1.03 bits per heavy atom. The summed E-state index contributed by atoms with van der Waals surface area (Å²) >= 11 is 1.28. The van der Waals surface area contributed by atoms with Crippen molar-refractivity contribution in [1.82, 2.24) is 10.6 Å². The van der Waals surface area contributed by atoms with Gasteiger partial charge in [-0.2, -0.15) is 0 Å². The Hall–Kier alpha value is -3.07.